The smallest absolute Gasteiger partial charge is 0.307 e. The van der Waals surface area contributed by atoms with Gasteiger partial charge in [-0.3, -0.25) is 4.79 Å². The molecule has 2 aromatic rings. The van der Waals surface area contributed by atoms with Gasteiger partial charge in [0.25, 0.3) is 0 Å². The van der Waals surface area contributed by atoms with E-state index in [1.807, 2.05) is 55.5 Å². The molecule has 3 heteroatoms. The third-order valence-corrected chi connectivity index (χ3v) is 3.27. The van der Waals surface area contributed by atoms with Crippen LogP contribution in [0.3, 0.4) is 0 Å². The van der Waals surface area contributed by atoms with Crippen molar-refractivity contribution in [3.05, 3.63) is 71.8 Å². The van der Waals surface area contributed by atoms with E-state index in [9.17, 15) is 4.79 Å². The fourth-order valence-electron chi connectivity index (χ4n) is 2.22. The van der Waals surface area contributed by atoms with Gasteiger partial charge in [-0.1, -0.05) is 60.7 Å². The summed E-state index contributed by atoms with van der Waals surface area (Å²) < 4.78 is 5.07. The van der Waals surface area contributed by atoms with E-state index in [1.54, 1.807) is 0 Å². The summed E-state index contributed by atoms with van der Waals surface area (Å²) in [5, 5.41) is 3.44. The summed E-state index contributed by atoms with van der Waals surface area (Å²) in [6.07, 6.45) is 0.338. The Bertz CT molecular complexity index is 540. The normalized spacial score (nSPS) is 11.9. The topological polar surface area (TPSA) is 38.3 Å². The van der Waals surface area contributed by atoms with Crippen LogP contribution in [-0.2, 0) is 16.1 Å². The highest BCUT2D eigenvalue weighted by Crippen LogP contribution is 2.18. The first-order valence-electron chi connectivity index (χ1n) is 7.27. The first-order chi connectivity index (χ1) is 10.3. The van der Waals surface area contributed by atoms with Gasteiger partial charge >= 0.3 is 5.97 Å². The van der Waals surface area contributed by atoms with E-state index in [-0.39, 0.29) is 12.0 Å². The second-order valence-corrected chi connectivity index (χ2v) is 4.84. The highest BCUT2D eigenvalue weighted by molar-refractivity contribution is 5.70. The lowest BCUT2D eigenvalue weighted by Crippen LogP contribution is -2.24. The maximum atomic E-state index is 11.8. The van der Waals surface area contributed by atoms with Gasteiger partial charge in [0.1, 0.15) is 0 Å². The minimum Gasteiger partial charge on any atom is -0.466 e. The number of carbonyl (C=O) groups is 1. The lowest BCUT2D eigenvalue weighted by molar-refractivity contribution is -0.143. The second-order valence-electron chi connectivity index (χ2n) is 4.84. The molecule has 0 saturated carbocycles. The summed E-state index contributed by atoms with van der Waals surface area (Å²) in [4.78, 5) is 11.8. The molecule has 0 radical (unpaired) electrons. The fraction of sp³-hybridized carbons (Fsp3) is 0.278. The highest BCUT2D eigenvalue weighted by Gasteiger charge is 2.16. The number of nitrogens with one attached hydrogen (secondary N) is 1. The Labute approximate surface area is 126 Å². The number of ether oxygens (including phenoxy) is 1. The molecule has 0 saturated heterocycles. The van der Waals surface area contributed by atoms with E-state index in [0.717, 1.165) is 12.1 Å². The van der Waals surface area contributed by atoms with Gasteiger partial charge < -0.3 is 10.1 Å². The van der Waals surface area contributed by atoms with Gasteiger partial charge in [0, 0.05) is 12.6 Å². The van der Waals surface area contributed by atoms with Gasteiger partial charge in [0.2, 0.25) is 0 Å². The summed E-state index contributed by atoms with van der Waals surface area (Å²) in [6, 6.07) is 20.1. The van der Waals surface area contributed by atoms with Crippen molar-refractivity contribution in [3.63, 3.8) is 0 Å². The van der Waals surface area contributed by atoms with Crippen molar-refractivity contribution in [2.75, 3.05) is 6.61 Å². The van der Waals surface area contributed by atoms with Crippen molar-refractivity contribution < 1.29 is 9.53 Å². The molecule has 1 atom stereocenters. The lowest BCUT2D eigenvalue weighted by atomic mass is 10.0. The van der Waals surface area contributed by atoms with E-state index in [0.29, 0.717) is 13.0 Å². The third-order valence-electron chi connectivity index (χ3n) is 3.27. The largest absolute Gasteiger partial charge is 0.466 e. The summed E-state index contributed by atoms with van der Waals surface area (Å²) in [5.41, 5.74) is 2.30. The van der Waals surface area contributed by atoms with Crippen molar-refractivity contribution in [3.8, 4) is 0 Å². The van der Waals surface area contributed by atoms with Crippen molar-refractivity contribution in [1.82, 2.24) is 5.32 Å². The van der Waals surface area contributed by atoms with Crippen LogP contribution in [0.5, 0.6) is 0 Å². The van der Waals surface area contributed by atoms with Crippen LogP contribution in [-0.4, -0.2) is 12.6 Å². The van der Waals surface area contributed by atoms with Gasteiger partial charge in [-0.25, -0.2) is 0 Å². The van der Waals surface area contributed by atoms with Crippen LogP contribution in [0.2, 0.25) is 0 Å². The molecule has 3 nitrogen and oxygen atoms in total. The van der Waals surface area contributed by atoms with Crippen LogP contribution in [0.4, 0.5) is 0 Å². The molecule has 2 aromatic carbocycles. The minimum absolute atomic E-state index is 0.0366. The zero-order chi connectivity index (χ0) is 14.9. The van der Waals surface area contributed by atoms with Gasteiger partial charge in [-0.2, -0.15) is 0 Å². The SMILES string of the molecule is CCOC(=O)C[C@@H](NCc1ccccc1)c1ccccc1. The van der Waals surface area contributed by atoms with Gasteiger partial charge in [0.05, 0.1) is 13.0 Å². The average Bonchev–Trinajstić information content (AvgIpc) is 2.53. The number of hydrogen-bond donors (Lipinski definition) is 1. The maximum Gasteiger partial charge on any atom is 0.307 e. The molecule has 0 heterocycles. The monoisotopic (exact) mass is 283 g/mol. The molecule has 0 bridgehead atoms. The van der Waals surface area contributed by atoms with E-state index in [2.05, 4.69) is 17.4 Å². The Morgan fingerprint density at radius 3 is 2.29 bits per heavy atom. The highest BCUT2D eigenvalue weighted by atomic mass is 16.5. The molecule has 0 amide bonds. The number of hydrogen-bond acceptors (Lipinski definition) is 3. The molecule has 21 heavy (non-hydrogen) atoms. The predicted octanol–water partition coefficient (Wildman–Crippen LogP) is 3.47. The molecule has 0 aromatic heterocycles. The number of esters is 1. The third kappa shape index (κ3) is 5.04. The van der Waals surface area contributed by atoms with Crippen molar-refractivity contribution in [2.24, 2.45) is 0 Å². The molecule has 0 fully saturated rings. The molecule has 0 aliphatic heterocycles. The molecule has 0 spiro atoms. The van der Waals surface area contributed by atoms with E-state index in [1.165, 1.54) is 5.56 Å². The van der Waals surface area contributed by atoms with Gasteiger partial charge in [-0.05, 0) is 18.1 Å². The van der Waals surface area contributed by atoms with E-state index >= 15 is 0 Å². The van der Waals surface area contributed by atoms with Crippen LogP contribution in [0.15, 0.2) is 60.7 Å². The maximum absolute atomic E-state index is 11.8. The van der Waals surface area contributed by atoms with Gasteiger partial charge in [-0.15, -0.1) is 0 Å². The number of carbonyl (C=O) groups excluding carboxylic acids is 1. The molecule has 0 unspecified atom stereocenters. The number of rotatable bonds is 7. The molecule has 2 rings (SSSR count). The van der Waals surface area contributed by atoms with Gasteiger partial charge in [0.15, 0.2) is 0 Å². The first-order valence-corrected chi connectivity index (χ1v) is 7.27. The van der Waals surface area contributed by atoms with Crippen LogP contribution in [0, 0.1) is 0 Å². The molecular formula is C18H21NO2. The molecule has 0 aliphatic rings. The average molecular weight is 283 g/mol. The molecular weight excluding hydrogens is 262 g/mol. The zero-order valence-corrected chi connectivity index (χ0v) is 12.3. The van der Waals surface area contributed by atoms with Crippen LogP contribution < -0.4 is 5.32 Å². The Hall–Kier alpha value is -2.13. The summed E-state index contributed by atoms with van der Waals surface area (Å²) in [5.74, 6) is -0.174. The van der Waals surface area contributed by atoms with Crippen LogP contribution in [0.1, 0.15) is 30.5 Å². The minimum atomic E-state index is -0.174. The van der Waals surface area contributed by atoms with Crippen molar-refractivity contribution in [1.29, 1.82) is 0 Å². The summed E-state index contributed by atoms with van der Waals surface area (Å²) in [7, 11) is 0. The van der Waals surface area contributed by atoms with E-state index < -0.39 is 0 Å². The predicted molar refractivity (Wildman–Crippen MR) is 83.7 cm³/mol. The fourth-order valence-corrected chi connectivity index (χ4v) is 2.22. The Morgan fingerprint density at radius 2 is 1.67 bits per heavy atom. The second kappa shape index (κ2) is 8.22. The summed E-state index contributed by atoms with van der Waals surface area (Å²) >= 11 is 0. The molecule has 0 aliphatic carbocycles. The van der Waals surface area contributed by atoms with Crippen LogP contribution >= 0.6 is 0 Å². The van der Waals surface area contributed by atoms with Crippen molar-refractivity contribution >= 4 is 5.97 Å². The zero-order valence-electron chi connectivity index (χ0n) is 12.3. The Morgan fingerprint density at radius 1 is 1.05 bits per heavy atom. The lowest BCUT2D eigenvalue weighted by Gasteiger charge is -2.18. The first kappa shape index (κ1) is 15.3. The Balaban J connectivity index is 2.03. The Kier molecular flexibility index (Phi) is 5.98. The van der Waals surface area contributed by atoms with Crippen LogP contribution in [0.25, 0.3) is 0 Å². The quantitative estimate of drug-likeness (QED) is 0.791. The summed E-state index contributed by atoms with van der Waals surface area (Å²) in [6.45, 7) is 2.96. The van der Waals surface area contributed by atoms with E-state index in [4.69, 9.17) is 4.74 Å². The van der Waals surface area contributed by atoms with Crippen molar-refractivity contribution in [2.45, 2.75) is 25.9 Å². The molecule has 110 valence electrons. The molecule has 1 N–H and O–H groups in total. The standard InChI is InChI=1S/C18H21NO2/c1-2-21-18(20)13-17(16-11-7-4-8-12-16)19-14-15-9-5-3-6-10-15/h3-12,17,19H,2,13-14H2,1H3/t17-/m1/s1. The number of benzene rings is 2.